The summed E-state index contributed by atoms with van der Waals surface area (Å²) < 4.78 is 5.87. The number of hydrogen-bond donors (Lipinski definition) is 1. The largest absolute Gasteiger partial charge is 0.507 e. The van der Waals surface area contributed by atoms with Crippen molar-refractivity contribution < 1.29 is 19.6 Å². The number of carbonyl (C=O) groups is 1. The maximum atomic E-state index is 12.9. The number of aromatic hydroxyl groups is 1. The normalized spacial score (nSPS) is 14.4. The molecule has 7 nitrogen and oxygen atoms in total. The molecule has 3 rings (SSSR count). The molecule has 0 radical (unpaired) electrons. The maximum Gasteiger partial charge on any atom is 0.269 e. The predicted octanol–water partition coefficient (Wildman–Crippen LogP) is 4.07. The van der Waals surface area contributed by atoms with Crippen LogP contribution in [0.4, 0.5) is 5.69 Å². The SMILES string of the molecule is CCN(CC)Cc1c(O)cc(C)c2c1O/C(=C\c1ccc([N+](=O)[O-])cc1)C2=O. The number of fused-ring (bicyclic) bond motifs is 1. The zero-order valence-corrected chi connectivity index (χ0v) is 16.1. The van der Waals surface area contributed by atoms with E-state index in [-0.39, 0.29) is 23.0 Å². The van der Waals surface area contributed by atoms with Gasteiger partial charge in [-0.25, -0.2) is 0 Å². The molecule has 0 fully saturated rings. The molecule has 0 aliphatic carbocycles. The summed E-state index contributed by atoms with van der Waals surface area (Å²) >= 11 is 0. The first-order valence-corrected chi connectivity index (χ1v) is 9.12. The number of ether oxygens (including phenoxy) is 1. The summed E-state index contributed by atoms with van der Waals surface area (Å²) in [6, 6.07) is 7.47. The van der Waals surface area contributed by atoms with Gasteiger partial charge in [-0.05, 0) is 55.4 Å². The third-order valence-electron chi connectivity index (χ3n) is 4.90. The maximum absolute atomic E-state index is 12.9. The van der Waals surface area contributed by atoms with Crippen molar-refractivity contribution in [1.29, 1.82) is 0 Å². The molecule has 0 aromatic heterocycles. The molecule has 28 heavy (non-hydrogen) atoms. The van der Waals surface area contributed by atoms with Crippen LogP contribution in [0.1, 0.15) is 40.9 Å². The molecule has 2 aromatic carbocycles. The van der Waals surface area contributed by atoms with Gasteiger partial charge in [0.1, 0.15) is 11.5 Å². The van der Waals surface area contributed by atoms with Gasteiger partial charge in [-0.2, -0.15) is 0 Å². The summed E-state index contributed by atoms with van der Waals surface area (Å²) in [6.45, 7) is 7.90. The number of nitro groups is 1. The minimum absolute atomic E-state index is 0.0219. The van der Waals surface area contributed by atoms with Crippen LogP contribution in [0.25, 0.3) is 6.08 Å². The van der Waals surface area contributed by atoms with Crippen molar-refractivity contribution in [2.75, 3.05) is 13.1 Å². The van der Waals surface area contributed by atoms with Crippen LogP contribution >= 0.6 is 0 Å². The van der Waals surface area contributed by atoms with E-state index in [1.165, 1.54) is 12.1 Å². The topological polar surface area (TPSA) is 92.9 Å². The van der Waals surface area contributed by atoms with Crippen LogP contribution in [0.15, 0.2) is 36.1 Å². The summed E-state index contributed by atoms with van der Waals surface area (Å²) in [6.07, 6.45) is 1.56. The number of aryl methyl sites for hydroxylation is 1. The lowest BCUT2D eigenvalue weighted by molar-refractivity contribution is -0.384. The van der Waals surface area contributed by atoms with Gasteiger partial charge >= 0.3 is 0 Å². The van der Waals surface area contributed by atoms with Crippen LogP contribution in [-0.2, 0) is 6.54 Å². The van der Waals surface area contributed by atoms with Gasteiger partial charge in [0.25, 0.3) is 5.69 Å². The molecule has 0 bridgehead atoms. The Morgan fingerprint density at radius 3 is 2.43 bits per heavy atom. The first-order valence-electron chi connectivity index (χ1n) is 9.12. The Bertz CT molecular complexity index is 960. The standard InChI is InChI=1S/C21H22N2O5/c1-4-22(5-2)12-16-17(24)10-13(3)19-20(25)18(28-21(16)19)11-14-6-8-15(9-7-14)23(26)27/h6-11,24H,4-5,12H2,1-3H3/b18-11-. The summed E-state index contributed by atoms with van der Waals surface area (Å²) in [5.41, 5.74) is 2.28. The third kappa shape index (κ3) is 3.61. The molecule has 1 heterocycles. The summed E-state index contributed by atoms with van der Waals surface area (Å²) in [7, 11) is 0. The van der Waals surface area contributed by atoms with Gasteiger partial charge in [0.15, 0.2) is 5.76 Å². The first-order chi connectivity index (χ1) is 13.3. The molecule has 0 saturated carbocycles. The van der Waals surface area contributed by atoms with Crippen molar-refractivity contribution in [3.63, 3.8) is 0 Å². The lowest BCUT2D eigenvalue weighted by Gasteiger charge is -2.20. The summed E-state index contributed by atoms with van der Waals surface area (Å²) in [5, 5.41) is 21.2. The fraction of sp³-hybridized carbons (Fsp3) is 0.286. The van der Waals surface area contributed by atoms with Crippen molar-refractivity contribution in [3.05, 3.63) is 68.5 Å². The van der Waals surface area contributed by atoms with Crippen molar-refractivity contribution in [2.45, 2.75) is 27.3 Å². The average molecular weight is 382 g/mol. The molecule has 1 aliphatic heterocycles. The van der Waals surface area contributed by atoms with Crippen LogP contribution < -0.4 is 4.74 Å². The fourth-order valence-corrected chi connectivity index (χ4v) is 3.25. The van der Waals surface area contributed by atoms with Gasteiger partial charge < -0.3 is 9.84 Å². The molecular formula is C21H22N2O5. The van der Waals surface area contributed by atoms with Gasteiger partial charge in [0, 0.05) is 18.7 Å². The fourth-order valence-electron chi connectivity index (χ4n) is 3.25. The molecule has 0 unspecified atom stereocenters. The molecule has 0 atom stereocenters. The quantitative estimate of drug-likeness (QED) is 0.460. The van der Waals surface area contributed by atoms with Gasteiger partial charge in [-0.15, -0.1) is 0 Å². The molecule has 146 valence electrons. The molecule has 7 heteroatoms. The van der Waals surface area contributed by atoms with E-state index in [0.717, 1.165) is 13.1 Å². The van der Waals surface area contributed by atoms with E-state index in [1.54, 1.807) is 31.2 Å². The second kappa shape index (κ2) is 7.82. The van der Waals surface area contributed by atoms with Gasteiger partial charge in [0.2, 0.25) is 5.78 Å². The number of Topliss-reactive ketones (excluding diaryl/α,β-unsaturated/α-hetero) is 1. The molecule has 0 amide bonds. The summed E-state index contributed by atoms with van der Waals surface area (Å²) in [4.78, 5) is 25.3. The highest BCUT2D eigenvalue weighted by molar-refractivity contribution is 6.15. The number of phenolic OH excluding ortho intramolecular Hbond substituents is 1. The van der Waals surface area contributed by atoms with Gasteiger partial charge in [-0.1, -0.05) is 13.8 Å². The van der Waals surface area contributed by atoms with Crippen LogP contribution in [0.5, 0.6) is 11.5 Å². The number of allylic oxidation sites excluding steroid dienone is 1. The number of nitro benzene ring substituents is 1. The number of rotatable bonds is 6. The van der Waals surface area contributed by atoms with E-state index in [4.69, 9.17) is 4.74 Å². The number of nitrogens with zero attached hydrogens (tertiary/aromatic N) is 2. The van der Waals surface area contributed by atoms with Crippen LogP contribution in [0.3, 0.4) is 0 Å². The number of ketones is 1. The smallest absolute Gasteiger partial charge is 0.269 e. The summed E-state index contributed by atoms with van der Waals surface area (Å²) in [5.74, 6) is 0.375. The highest BCUT2D eigenvalue weighted by Crippen LogP contribution is 2.42. The van der Waals surface area contributed by atoms with Gasteiger partial charge in [-0.3, -0.25) is 19.8 Å². The minimum Gasteiger partial charge on any atom is -0.507 e. The Morgan fingerprint density at radius 2 is 1.86 bits per heavy atom. The number of carbonyl (C=O) groups excluding carboxylic acids is 1. The predicted molar refractivity (Wildman–Crippen MR) is 106 cm³/mol. The number of phenols is 1. The molecule has 0 spiro atoms. The molecule has 1 N–H and O–H groups in total. The Balaban J connectivity index is 1.99. The Hall–Kier alpha value is -3.19. The van der Waals surface area contributed by atoms with E-state index in [2.05, 4.69) is 4.90 Å². The second-order valence-electron chi connectivity index (χ2n) is 6.65. The highest BCUT2D eigenvalue weighted by atomic mass is 16.6. The molecule has 2 aromatic rings. The lowest BCUT2D eigenvalue weighted by Crippen LogP contribution is -2.22. The third-order valence-corrected chi connectivity index (χ3v) is 4.90. The second-order valence-corrected chi connectivity index (χ2v) is 6.65. The molecule has 1 aliphatic rings. The van der Waals surface area contributed by atoms with E-state index in [1.807, 2.05) is 13.8 Å². The van der Waals surface area contributed by atoms with Crippen molar-refractivity contribution >= 4 is 17.5 Å². The zero-order chi connectivity index (χ0) is 20.4. The van der Waals surface area contributed by atoms with Crippen LogP contribution in [0.2, 0.25) is 0 Å². The molecule has 0 saturated heterocycles. The van der Waals surface area contributed by atoms with E-state index < -0.39 is 4.92 Å². The monoisotopic (exact) mass is 382 g/mol. The number of benzene rings is 2. The van der Waals surface area contributed by atoms with E-state index in [9.17, 15) is 20.0 Å². The van der Waals surface area contributed by atoms with E-state index >= 15 is 0 Å². The lowest BCUT2D eigenvalue weighted by atomic mass is 9.99. The Morgan fingerprint density at radius 1 is 1.21 bits per heavy atom. The Labute approximate surface area is 163 Å². The Kier molecular flexibility index (Phi) is 5.46. The highest BCUT2D eigenvalue weighted by Gasteiger charge is 2.33. The minimum atomic E-state index is -0.477. The number of non-ortho nitro benzene ring substituents is 1. The van der Waals surface area contributed by atoms with E-state index in [0.29, 0.717) is 34.5 Å². The molecular weight excluding hydrogens is 360 g/mol. The van der Waals surface area contributed by atoms with Crippen LogP contribution in [0, 0.1) is 17.0 Å². The van der Waals surface area contributed by atoms with Crippen molar-refractivity contribution in [3.8, 4) is 11.5 Å². The van der Waals surface area contributed by atoms with Gasteiger partial charge in [0.05, 0.1) is 16.1 Å². The average Bonchev–Trinajstić information content (AvgIpc) is 2.99. The number of hydrogen-bond acceptors (Lipinski definition) is 6. The first kappa shape index (κ1) is 19.6. The van der Waals surface area contributed by atoms with Crippen LogP contribution in [-0.4, -0.2) is 33.8 Å². The van der Waals surface area contributed by atoms with Crippen molar-refractivity contribution in [2.24, 2.45) is 0 Å². The zero-order valence-electron chi connectivity index (χ0n) is 16.1. The van der Waals surface area contributed by atoms with Crippen molar-refractivity contribution in [1.82, 2.24) is 4.90 Å².